The lowest BCUT2D eigenvalue weighted by Crippen LogP contribution is -2.21. The molecule has 3 rings (SSSR count). The van der Waals surface area contributed by atoms with Crippen LogP contribution in [-0.4, -0.2) is 60.8 Å². The summed E-state index contributed by atoms with van der Waals surface area (Å²) < 4.78 is 29.7. The number of carbonyl (C=O) groups is 2. The Hall–Kier alpha value is -3.53. The van der Waals surface area contributed by atoms with E-state index in [-0.39, 0.29) is 54.9 Å². The van der Waals surface area contributed by atoms with Crippen LogP contribution in [0.3, 0.4) is 0 Å². The van der Waals surface area contributed by atoms with Gasteiger partial charge in [0.1, 0.15) is 29.6 Å². The highest BCUT2D eigenvalue weighted by Crippen LogP contribution is 2.32. The van der Waals surface area contributed by atoms with Gasteiger partial charge in [0, 0.05) is 30.1 Å². The summed E-state index contributed by atoms with van der Waals surface area (Å²) in [6.07, 6.45) is -0.129. The average molecular weight is 532 g/mol. The van der Waals surface area contributed by atoms with Crippen LogP contribution >= 0.6 is 11.6 Å². The highest BCUT2D eigenvalue weighted by atomic mass is 35.5. The number of methoxy groups -OCH3 is 2. The standard InChI is InChI=1S/C27H27ClFNO7/c1-35-24-8-6-21(30-26(24)17-3-5-20(29)19(28)13-17)27(34)18(9-10-31)14-22(33)16-4-7-23(37-12-11-32)25(15-16)36-2/h3-8,13,15,18,31-32H,9-12,14H2,1-2H3. The summed E-state index contributed by atoms with van der Waals surface area (Å²) in [5.41, 5.74) is 1.09. The van der Waals surface area contributed by atoms with Crippen LogP contribution in [0.15, 0.2) is 48.5 Å². The second-order valence-electron chi connectivity index (χ2n) is 8.01. The molecule has 0 bridgehead atoms. The van der Waals surface area contributed by atoms with Gasteiger partial charge in [0.15, 0.2) is 23.1 Å². The van der Waals surface area contributed by atoms with E-state index >= 15 is 0 Å². The third kappa shape index (κ3) is 6.82. The summed E-state index contributed by atoms with van der Waals surface area (Å²) in [6.45, 7) is -0.417. The molecule has 2 N–H and O–H groups in total. The van der Waals surface area contributed by atoms with Gasteiger partial charge in [-0.3, -0.25) is 9.59 Å². The van der Waals surface area contributed by atoms with Gasteiger partial charge in [0.2, 0.25) is 0 Å². The number of aromatic nitrogens is 1. The van der Waals surface area contributed by atoms with Crippen molar-refractivity contribution in [2.24, 2.45) is 5.92 Å². The van der Waals surface area contributed by atoms with Crippen molar-refractivity contribution in [3.8, 4) is 28.5 Å². The molecule has 0 aliphatic carbocycles. The number of aliphatic hydroxyl groups excluding tert-OH is 2. The summed E-state index contributed by atoms with van der Waals surface area (Å²) >= 11 is 5.92. The molecule has 1 unspecified atom stereocenters. The first kappa shape index (κ1) is 28.0. The monoisotopic (exact) mass is 531 g/mol. The normalized spacial score (nSPS) is 11.6. The Kier molecular flexibility index (Phi) is 9.96. The van der Waals surface area contributed by atoms with Crippen LogP contribution < -0.4 is 14.2 Å². The number of pyridine rings is 1. The van der Waals surface area contributed by atoms with Crippen molar-refractivity contribution >= 4 is 23.2 Å². The molecule has 1 aromatic heterocycles. The number of rotatable bonds is 13. The lowest BCUT2D eigenvalue weighted by Gasteiger charge is -2.16. The molecule has 37 heavy (non-hydrogen) atoms. The molecular weight excluding hydrogens is 505 g/mol. The number of carbonyl (C=O) groups excluding carboxylic acids is 2. The highest BCUT2D eigenvalue weighted by molar-refractivity contribution is 6.31. The summed E-state index contributed by atoms with van der Waals surface area (Å²) in [4.78, 5) is 30.9. The molecule has 3 aromatic rings. The van der Waals surface area contributed by atoms with E-state index in [2.05, 4.69) is 4.98 Å². The Morgan fingerprint density at radius 3 is 2.35 bits per heavy atom. The van der Waals surface area contributed by atoms with Gasteiger partial charge >= 0.3 is 0 Å². The van der Waals surface area contributed by atoms with Gasteiger partial charge in [-0.05, 0) is 55.0 Å². The second kappa shape index (κ2) is 13.1. The SMILES string of the molecule is COc1cc(C(=O)CC(CCO)C(=O)c2ccc(OC)c(-c3ccc(F)c(Cl)c3)n2)ccc1OCCO. The van der Waals surface area contributed by atoms with E-state index in [4.69, 9.17) is 30.9 Å². The minimum atomic E-state index is -0.848. The van der Waals surface area contributed by atoms with E-state index in [9.17, 15) is 19.1 Å². The summed E-state index contributed by atoms with van der Waals surface area (Å²) in [5, 5.41) is 18.4. The van der Waals surface area contributed by atoms with Gasteiger partial charge < -0.3 is 24.4 Å². The summed E-state index contributed by atoms with van der Waals surface area (Å²) in [6, 6.07) is 11.7. The van der Waals surface area contributed by atoms with Gasteiger partial charge in [-0.15, -0.1) is 0 Å². The molecule has 0 fully saturated rings. The Morgan fingerprint density at radius 1 is 0.973 bits per heavy atom. The fourth-order valence-corrected chi connectivity index (χ4v) is 3.93. The maximum Gasteiger partial charge on any atom is 0.184 e. The van der Waals surface area contributed by atoms with Gasteiger partial charge in [0.05, 0.1) is 25.8 Å². The van der Waals surface area contributed by atoms with E-state index in [0.717, 1.165) is 0 Å². The Balaban J connectivity index is 1.88. The maximum atomic E-state index is 13.7. The third-order valence-electron chi connectivity index (χ3n) is 5.64. The highest BCUT2D eigenvalue weighted by Gasteiger charge is 2.26. The molecule has 0 radical (unpaired) electrons. The number of ketones is 2. The zero-order valence-corrected chi connectivity index (χ0v) is 21.1. The number of halogens is 2. The van der Waals surface area contributed by atoms with Crippen molar-refractivity contribution in [1.29, 1.82) is 0 Å². The second-order valence-corrected chi connectivity index (χ2v) is 8.42. The van der Waals surface area contributed by atoms with E-state index in [0.29, 0.717) is 28.4 Å². The molecule has 10 heteroatoms. The summed E-state index contributed by atoms with van der Waals surface area (Å²) in [5.74, 6) is -1.19. The molecule has 2 aromatic carbocycles. The third-order valence-corrected chi connectivity index (χ3v) is 5.93. The lowest BCUT2D eigenvalue weighted by atomic mass is 9.90. The van der Waals surface area contributed by atoms with Crippen LogP contribution in [-0.2, 0) is 0 Å². The van der Waals surface area contributed by atoms with Crippen LogP contribution in [0.1, 0.15) is 33.7 Å². The van der Waals surface area contributed by atoms with Gasteiger partial charge in [0.25, 0.3) is 0 Å². The fraction of sp³-hybridized carbons (Fsp3) is 0.296. The molecule has 0 aliphatic rings. The van der Waals surface area contributed by atoms with Crippen molar-refractivity contribution in [2.45, 2.75) is 12.8 Å². The zero-order chi connectivity index (χ0) is 26.9. The molecule has 0 aliphatic heterocycles. The molecule has 0 saturated carbocycles. The number of nitrogens with zero attached hydrogens (tertiary/aromatic N) is 1. The first-order valence-corrected chi connectivity index (χ1v) is 11.8. The predicted octanol–water partition coefficient (Wildman–Crippen LogP) is 4.38. The molecule has 0 saturated heterocycles. The van der Waals surface area contributed by atoms with E-state index < -0.39 is 17.5 Å². The number of aliphatic hydroxyl groups is 2. The zero-order valence-electron chi connectivity index (χ0n) is 20.4. The first-order chi connectivity index (χ1) is 17.8. The van der Waals surface area contributed by atoms with Crippen LogP contribution in [0, 0.1) is 11.7 Å². The smallest absolute Gasteiger partial charge is 0.184 e. The molecule has 196 valence electrons. The topological polar surface area (TPSA) is 115 Å². The molecule has 1 heterocycles. The maximum absolute atomic E-state index is 13.7. The molecule has 1 atom stereocenters. The Bertz CT molecular complexity index is 1270. The quantitative estimate of drug-likeness (QED) is 0.312. The van der Waals surface area contributed by atoms with Gasteiger partial charge in [-0.1, -0.05) is 11.6 Å². The Morgan fingerprint density at radius 2 is 1.70 bits per heavy atom. The molecule has 0 amide bonds. The fourth-order valence-electron chi connectivity index (χ4n) is 3.75. The lowest BCUT2D eigenvalue weighted by molar-refractivity contribution is 0.0824. The van der Waals surface area contributed by atoms with Crippen LogP contribution in [0.5, 0.6) is 17.2 Å². The number of ether oxygens (including phenoxy) is 3. The van der Waals surface area contributed by atoms with E-state index in [1.54, 1.807) is 18.2 Å². The van der Waals surface area contributed by atoms with Crippen molar-refractivity contribution in [3.63, 3.8) is 0 Å². The largest absolute Gasteiger partial charge is 0.494 e. The number of hydrogen-bond acceptors (Lipinski definition) is 8. The summed E-state index contributed by atoms with van der Waals surface area (Å²) in [7, 11) is 2.86. The van der Waals surface area contributed by atoms with Crippen molar-refractivity contribution in [2.75, 3.05) is 34.0 Å². The van der Waals surface area contributed by atoms with Gasteiger partial charge in [-0.2, -0.15) is 0 Å². The molecular formula is C27H27ClFNO7. The van der Waals surface area contributed by atoms with E-state index in [1.807, 2.05) is 0 Å². The van der Waals surface area contributed by atoms with Crippen molar-refractivity contribution in [1.82, 2.24) is 4.98 Å². The van der Waals surface area contributed by atoms with Crippen LogP contribution in [0.4, 0.5) is 4.39 Å². The number of hydrogen-bond donors (Lipinski definition) is 2. The minimum absolute atomic E-state index is 0.0465. The van der Waals surface area contributed by atoms with Crippen molar-refractivity contribution in [3.05, 3.63) is 70.6 Å². The van der Waals surface area contributed by atoms with E-state index in [1.165, 1.54) is 44.6 Å². The minimum Gasteiger partial charge on any atom is -0.494 e. The van der Waals surface area contributed by atoms with Crippen molar-refractivity contribution < 1.29 is 38.4 Å². The number of Topliss-reactive ketones (excluding diaryl/α,β-unsaturated/α-hetero) is 2. The van der Waals surface area contributed by atoms with Gasteiger partial charge in [-0.25, -0.2) is 9.37 Å². The number of benzene rings is 2. The average Bonchev–Trinajstić information content (AvgIpc) is 2.92. The molecule has 8 nitrogen and oxygen atoms in total. The predicted molar refractivity (Wildman–Crippen MR) is 135 cm³/mol. The van der Waals surface area contributed by atoms with Crippen LogP contribution in [0.2, 0.25) is 5.02 Å². The Labute approximate surface area is 218 Å². The van der Waals surface area contributed by atoms with Crippen LogP contribution in [0.25, 0.3) is 11.3 Å². The molecule has 0 spiro atoms. The first-order valence-electron chi connectivity index (χ1n) is 11.4.